The predicted molar refractivity (Wildman–Crippen MR) is 88.2 cm³/mol. The molecule has 2 aliphatic rings. The summed E-state index contributed by atoms with van der Waals surface area (Å²) < 4.78 is 0. The molecule has 0 aromatic heterocycles. The fraction of sp³-hybridized carbons (Fsp3) is 0.467. The summed E-state index contributed by atoms with van der Waals surface area (Å²) >= 11 is 7.35. The molecule has 0 aliphatic carbocycles. The van der Waals surface area contributed by atoms with Gasteiger partial charge in [0.05, 0.1) is 11.6 Å². The van der Waals surface area contributed by atoms with Crippen LogP contribution in [-0.2, 0) is 17.6 Å². The molecule has 0 saturated carbocycles. The molecule has 2 heterocycles. The number of carbonyl (C=O) groups is 1. The Kier molecular flexibility index (Phi) is 3.73. The van der Waals surface area contributed by atoms with E-state index in [9.17, 15) is 4.79 Å². The van der Waals surface area contributed by atoms with Crippen LogP contribution in [0.25, 0.3) is 0 Å². The molecule has 3 nitrogen and oxygen atoms in total. The smallest absolute Gasteiger partial charge is 0.257 e. The number of carbonyl (C=O) groups excluding carboxylic acids is 1. The molecule has 1 amide bonds. The maximum Gasteiger partial charge on any atom is 0.257 e. The van der Waals surface area contributed by atoms with E-state index in [1.165, 1.54) is 11.1 Å². The molecular weight excluding hydrogens is 288 g/mol. The second kappa shape index (κ2) is 5.37. The highest BCUT2D eigenvalue weighted by Gasteiger charge is 2.46. The molecule has 1 unspecified atom stereocenters. The van der Waals surface area contributed by atoms with Crippen LogP contribution in [0.4, 0.5) is 5.69 Å². The molecule has 20 heavy (non-hydrogen) atoms. The zero-order valence-electron chi connectivity index (χ0n) is 11.8. The molecule has 0 N–H and O–H groups in total. The van der Waals surface area contributed by atoms with Crippen LogP contribution >= 0.6 is 24.0 Å². The Balaban J connectivity index is 2.09. The third-order valence-corrected chi connectivity index (χ3v) is 5.44. The monoisotopic (exact) mass is 306 g/mol. The lowest BCUT2D eigenvalue weighted by atomic mass is 10.0. The van der Waals surface area contributed by atoms with Gasteiger partial charge in [-0.15, -0.1) is 11.8 Å². The van der Waals surface area contributed by atoms with E-state index in [1.54, 1.807) is 16.7 Å². The summed E-state index contributed by atoms with van der Waals surface area (Å²) in [5.41, 5.74) is 3.44. The number of benzene rings is 1. The number of rotatable bonds is 3. The lowest BCUT2D eigenvalue weighted by Gasteiger charge is -2.23. The number of nitrogens with zero attached hydrogens (tertiary/aromatic N) is 2. The number of aryl methyl sites for hydroxylation is 2. The summed E-state index contributed by atoms with van der Waals surface area (Å²) in [5.74, 6) is 1.84. The number of fused-ring (bicyclic) bond motifs is 1. The third kappa shape index (κ3) is 1.95. The average molecular weight is 306 g/mol. The van der Waals surface area contributed by atoms with Crippen LogP contribution in [0.3, 0.4) is 0 Å². The third-order valence-electron chi connectivity index (χ3n) is 4.01. The Morgan fingerprint density at radius 1 is 1.30 bits per heavy atom. The van der Waals surface area contributed by atoms with Gasteiger partial charge in [-0.25, -0.2) is 0 Å². The van der Waals surface area contributed by atoms with E-state index in [0.29, 0.717) is 5.11 Å². The minimum atomic E-state index is -0.0536. The number of hydrogen-bond acceptors (Lipinski definition) is 3. The van der Waals surface area contributed by atoms with Crippen LogP contribution in [0.2, 0.25) is 0 Å². The number of anilines is 1. The first kappa shape index (κ1) is 13.9. The highest BCUT2D eigenvalue weighted by molar-refractivity contribution is 7.99. The maximum absolute atomic E-state index is 12.7. The van der Waals surface area contributed by atoms with Gasteiger partial charge in [0.15, 0.2) is 5.11 Å². The van der Waals surface area contributed by atoms with Crippen molar-refractivity contribution in [3.05, 3.63) is 29.3 Å². The van der Waals surface area contributed by atoms with E-state index < -0.39 is 0 Å². The van der Waals surface area contributed by atoms with Crippen molar-refractivity contribution >= 4 is 40.7 Å². The van der Waals surface area contributed by atoms with Crippen molar-refractivity contribution < 1.29 is 4.79 Å². The van der Waals surface area contributed by atoms with Crippen molar-refractivity contribution in [2.45, 2.75) is 32.7 Å². The van der Waals surface area contributed by atoms with Crippen LogP contribution in [0.1, 0.15) is 25.0 Å². The molecule has 2 aliphatic heterocycles. The first-order valence-electron chi connectivity index (χ1n) is 7.02. The van der Waals surface area contributed by atoms with Crippen molar-refractivity contribution in [2.24, 2.45) is 0 Å². The van der Waals surface area contributed by atoms with E-state index in [4.69, 9.17) is 12.2 Å². The number of hydrogen-bond donors (Lipinski definition) is 0. The molecule has 0 bridgehead atoms. The molecule has 0 spiro atoms. The van der Waals surface area contributed by atoms with Crippen LogP contribution in [-0.4, -0.2) is 33.6 Å². The van der Waals surface area contributed by atoms with Crippen molar-refractivity contribution in [1.82, 2.24) is 4.90 Å². The Morgan fingerprint density at radius 3 is 2.50 bits per heavy atom. The maximum atomic E-state index is 12.7. The Morgan fingerprint density at radius 2 is 1.95 bits per heavy atom. The highest BCUT2D eigenvalue weighted by Crippen LogP contribution is 2.36. The fourth-order valence-electron chi connectivity index (χ4n) is 2.92. The first-order chi connectivity index (χ1) is 9.69. The van der Waals surface area contributed by atoms with Gasteiger partial charge in [0, 0.05) is 5.75 Å². The van der Waals surface area contributed by atoms with E-state index in [0.717, 1.165) is 30.2 Å². The molecule has 2 saturated heterocycles. The van der Waals surface area contributed by atoms with Gasteiger partial charge in [0.25, 0.3) is 5.91 Å². The summed E-state index contributed by atoms with van der Waals surface area (Å²) in [6.07, 6.45) is 1.82. The quantitative estimate of drug-likeness (QED) is 0.801. The van der Waals surface area contributed by atoms with Gasteiger partial charge in [0.1, 0.15) is 6.04 Å². The van der Waals surface area contributed by atoms with Crippen molar-refractivity contribution in [1.29, 1.82) is 0 Å². The molecule has 1 aromatic carbocycles. The Hall–Kier alpha value is -1.07. The molecule has 1 aromatic rings. The van der Waals surface area contributed by atoms with Gasteiger partial charge in [-0.05, 0) is 36.2 Å². The SMILES string of the molecule is CCc1cccc(CC)c1N1C(=O)C2CSCN2C1=S. The summed E-state index contributed by atoms with van der Waals surface area (Å²) in [5, 5.41) is 0.681. The minimum Gasteiger partial charge on any atom is -0.326 e. The van der Waals surface area contributed by atoms with Gasteiger partial charge in [-0.3, -0.25) is 9.69 Å². The van der Waals surface area contributed by atoms with Crippen molar-refractivity contribution in [2.75, 3.05) is 16.5 Å². The van der Waals surface area contributed by atoms with Crippen molar-refractivity contribution in [3.8, 4) is 0 Å². The van der Waals surface area contributed by atoms with Gasteiger partial charge in [-0.1, -0.05) is 32.0 Å². The highest BCUT2D eigenvalue weighted by atomic mass is 32.2. The predicted octanol–water partition coefficient (Wildman–Crippen LogP) is 2.82. The van der Waals surface area contributed by atoms with Crippen LogP contribution in [0.5, 0.6) is 0 Å². The summed E-state index contributed by atoms with van der Waals surface area (Å²) in [4.78, 5) is 16.6. The van der Waals surface area contributed by atoms with E-state index in [1.807, 2.05) is 0 Å². The Labute approximate surface area is 129 Å². The molecule has 0 radical (unpaired) electrons. The number of thiocarbonyl (C=S) groups is 1. The molecule has 3 rings (SSSR count). The molecule has 2 fully saturated rings. The second-order valence-corrected chi connectivity index (χ2v) is 6.44. The summed E-state index contributed by atoms with van der Waals surface area (Å²) in [7, 11) is 0. The Bertz CT molecular complexity index is 529. The van der Waals surface area contributed by atoms with Crippen LogP contribution in [0, 0.1) is 0 Å². The first-order valence-corrected chi connectivity index (χ1v) is 8.58. The normalized spacial score (nSPS) is 21.8. The summed E-state index contributed by atoms with van der Waals surface area (Å²) in [6, 6.07) is 6.22. The number of amides is 1. The molecule has 5 heteroatoms. The standard InChI is InChI=1S/C15H18N2OS2/c1-3-10-6-5-7-11(4-2)13(10)17-14(18)12-8-20-9-16(12)15(17)19/h5-7,12H,3-4,8-9H2,1-2H3. The number of thioether (sulfide) groups is 1. The second-order valence-electron chi connectivity index (χ2n) is 5.07. The zero-order valence-corrected chi connectivity index (χ0v) is 13.4. The van der Waals surface area contributed by atoms with Gasteiger partial charge >= 0.3 is 0 Å². The van der Waals surface area contributed by atoms with Crippen LogP contribution in [0.15, 0.2) is 18.2 Å². The average Bonchev–Trinajstić information content (AvgIpc) is 3.03. The zero-order chi connectivity index (χ0) is 14.3. The molecule has 1 atom stereocenters. The van der Waals surface area contributed by atoms with Gasteiger partial charge < -0.3 is 4.90 Å². The lowest BCUT2D eigenvalue weighted by Crippen LogP contribution is -2.34. The van der Waals surface area contributed by atoms with Crippen LogP contribution < -0.4 is 4.90 Å². The van der Waals surface area contributed by atoms with E-state index in [-0.39, 0.29) is 11.9 Å². The van der Waals surface area contributed by atoms with Gasteiger partial charge in [0.2, 0.25) is 0 Å². The molecule has 106 valence electrons. The topological polar surface area (TPSA) is 23.6 Å². The largest absolute Gasteiger partial charge is 0.326 e. The fourth-order valence-corrected chi connectivity index (χ4v) is 4.52. The van der Waals surface area contributed by atoms with E-state index >= 15 is 0 Å². The summed E-state index contributed by atoms with van der Waals surface area (Å²) in [6.45, 7) is 4.25. The minimum absolute atomic E-state index is 0.0536. The lowest BCUT2D eigenvalue weighted by molar-refractivity contribution is -0.118. The van der Waals surface area contributed by atoms with Crippen molar-refractivity contribution in [3.63, 3.8) is 0 Å². The number of para-hydroxylation sites is 1. The molecular formula is C15H18N2OS2. The van der Waals surface area contributed by atoms with E-state index in [2.05, 4.69) is 36.9 Å². The van der Waals surface area contributed by atoms with Gasteiger partial charge in [-0.2, -0.15) is 0 Å².